The molecule has 100 valence electrons. The van der Waals surface area contributed by atoms with Crippen molar-refractivity contribution >= 4 is 11.4 Å². The van der Waals surface area contributed by atoms with Crippen LogP contribution in [0.3, 0.4) is 0 Å². The molecule has 0 aromatic heterocycles. The average molecular weight is 259 g/mol. The summed E-state index contributed by atoms with van der Waals surface area (Å²) in [5.41, 5.74) is 4.53. The molecule has 3 N–H and O–H groups in total. The molecule has 0 bridgehead atoms. The Morgan fingerprint density at radius 1 is 1.44 bits per heavy atom. The van der Waals surface area contributed by atoms with E-state index in [-0.39, 0.29) is 18.5 Å². The zero-order valence-electron chi connectivity index (χ0n) is 10.1. The maximum atomic E-state index is 13.6. The Morgan fingerprint density at radius 2 is 2.06 bits per heavy atom. The lowest BCUT2D eigenvalue weighted by molar-refractivity contribution is -0.384. The molecular formula is C11H15F2N3O2. The topological polar surface area (TPSA) is 81.2 Å². The minimum atomic E-state index is -1.26. The van der Waals surface area contributed by atoms with Crippen LogP contribution < -0.4 is 11.1 Å². The maximum absolute atomic E-state index is 13.6. The van der Waals surface area contributed by atoms with Gasteiger partial charge in [-0.05, 0) is 12.0 Å². The number of rotatable bonds is 5. The number of nitro benzene ring substituents is 1. The van der Waals surface area contributed by atoms with Crippen LogP contribution in [0.15, 0.2) is 12.1 Å². The normalized spacial score (nSPS) is 12.6. The zero-order chi connectivity index (χ0) is 13.9. The van der Waals surface area contributed by atoms with Gasteiger partial charge < -0.3 is 11.1 Å². The Hall–Kier alpha value is -1.76. The third-order valence-corrected chi connectivity index (χ3v) is 2.66. The van der Waals surface area contributed by atoms with Crippen LogP contribution in [0.4, 0.5) is 20.2 Å². The van der Waals surface area contributed by atoms with E-state index >= 15 is 0 Å². The fourth-order valence-electron chi connectivity index (χ4n) is 1.51. The molecule has 0 heterocycles. The van der Waals surface area contributed by atoms with Crippen molar-refractivity contribution in [2.45, 2.75) is 19.9 Å². The summed E-state index contributed by atoms with van der Waals surface area (Å²) in [7, 11) is 0. The van der Waals surface area contributed by atoms with E-state index in [0.29, 0.717) is 0 Å². The van der Waals surface area contributed by atoms with Gasteiger partial charge >= 0.3 is 0 Å². The molecule has 0 fully saturated rings. The Balaban J connectivity index is 3.20. The summed E-state index contributed by atoms with van der Waals surface area (Å²) in [5.74, 6) is -2.37. The number of nitrogens with one attached hydrogen (secondary N) is 1. The molecule has 1 unspecified atom stereocenters. The van der Waals surface area contributed by atoms with E-state index in [1.165, 1.54) is 0 Å². The highest BCUT2D eigenvalue weighted by molar-refractivity contribution is 5.63. The minimum Gasteiger partial charge on any atom is -0.373 e. The van der Waals surface area contributed by atoms with Crippen LogP contribution >= 0.6 is 0 Å². The van der Waals surface area contributed by atoms with Crippen molar-refractivity contribution in [1.82, 2.24) is 0 Å². The molecule has 7 heteroatoms. The number of anilines is 1. The van der Waals surface area contributed by atoms with Crippen LogP contribution in [-0.4, -0.2) is 17.5 Å². The van der Waals surface area contributed by atoms with Gasteiger partial charge in [-0.3, -0.25) is 10.1 Å². The van der Waals surface area contributed by atoms with Crippen LogP contribution in [-0.2, 0) is 0 Å². The first-order chi connectivity index (χ1) is 8.38. The Bertz CT molecular complexity index is 452. The lowest BCUT2D eigenvalue weighted by atomic mass is 10.0. The van der Waals surface area contributed by atoms with Crippen LogP contribution in [0, 0.1) is 27.7 Å². The van der Waals surface area contributed by atoms with Gasteiger partial charge in [-0.25, -0.2) is 8.78 Å². The van der Waals surface area contributed by atoms with Gasteiger partial charge in [0.25, 0.3) is 5.69 Å². The molecule has 0 saturated heterocycles. The van der Waals surface area contributed by atoms with Crippen molar-refractivity contribution in [2.75, 3.05) is 11.9 Å². The Labute approximate surface area is 103 Å². The number of hydrogen-bond acceptors (Lipinski definition) is 4. The van der Waals surface area contributed by atoms with E-state index in [1.807, 2.05) is 13.8 Å². The highest BCUT2D eigenvalue weighted by atomic mass is 19.2. The van der Waals surface area contributed by atoms with E-state index < -0.39 is 27.9 Å². The molecule has 1 rings (SSSR count). The molecule has 1 aromatic carbocycles. The minimum absolute atomic E-state index is 0.0253. The summed E-state index contributed by atoms with van der Waals surface area (Å²) in [6.45, 7) is 3.81. The molecule has 0 aliphatic carbocycles. The molecule has 5 nitrogen and oxygen atoms in total. The van der Waals surface area contributed by atoms with E-state index in [1.54, 1.807) is 0 Å². The van der Waals surface area contributed by atoms with Gasteiger partial charge in [0.1, 0.15) is 0 Å². The number of halogens is 2. The van der Waals surface area contributed by atoms with E-state index in [4.69, 9.17) is 5.73 Å². The van der Waals surface area contributed by atoms with Crippen molar-refractivity contribution < 1.29 is 13.7 Å². The number of nitro groups is 1. The molecule has 0 amide bonds. The van der Waals surface area contributed by atoms with E-state index in [2.05, 4.69) is 5.32 Å². The number of benzene rings is 1. The average Bonchev–Trinajstić information content (AvgIpc) is 2.30. The fraction of sp³-hybridized carbons (Fsp3) is 0.455. The third-order valence-electron chi connectivity index (χ3n) is 2.66. The van der Waals surface area contributed by atoms with Gasteiger partial charge in [0.05, 0.1) is 4.92 Å². The molecule has 0 saturated carbocycles. The first kappa shape index (κ1) is 14.3. The summed E-state index contributed by atoms with van der Waals surface area (Å²) in [4.78, 5) is 10.0. The predicted molar refractivity (Wildman–Crippen MR) is 64.3 cm³/mol. The monoisotopic (exact) mass is 259 g/mol. The summed E-state index contributed by atoms with van der Waals surface area (Å²) in [5, 5.41) is 13.4. The first-order valence-electron chi connectivity index (χ1n) is 5.47. The molecule has 1 aromatic rings. The molecule has 0 spiro atoms. The van der Waals surface area contributed by atoms with Gasteiger partial charge in [0, 0.05) is 18.7 Å². The fourth-order valence-corrected chi connectivity index (χ4v) is 1.51. The second kappa shape index (κ2) is 5.72. The Morgan fingerprint density at radius 3 is 2.50 bits per heavy atom. The highest BCUT2D eigenvalue weighted by Gasteiger charge is 2.24. The molecule has 0 aliphatic heterocycles. The predicted octanol–water partition coefficient (Wildman–Crippen LogP) is 2.27. The van der Waals surface area contributed by atoms with Gasteiger partial charge in [0.15, 0.2) is 17.3 Å². The molecule has 1 atom stereocenters. The SMILES string of the molecule is CC(C)C(CN)Nc1c([N+](=O)[O-])ccc(F)c1F. The maximum Gasteiger partial charge on any atom is 0.295 e. The van der Waals surface area contributed by atoms with Gasteiger partial charge in [-0.1, -0.05) is 13.8 Å². The summed E-state index contributed by atoms with van der Waals surface area (Å²) >= 11 is 0. The van der Waals surface area contributed by atoms with Crippen molar-refractivity contribution in [2.24, 2.45) is 11.7 Å². The van der Waals surface area contributed by atoms with Gasteiger partial charge in [0.2, 0.25) is 0 Å². The molecular weight excluding hydrogens is 244 g/mol. The smallest absolute Gasteiger partial charge is 0.295 e. The van der Waals surface area contributed by atoms with E-state index in [9.17, 15) is 18.9 Å². The number of hydrogen-bond donors (Lipinski definition) is 2. The first-order valence-corrected chi connectivity index (χ1v) is 5.47. The number of nitrogens with two attached hydrogens (primary N) is 1. The summed E-state index contributed by atoms with van der Waals surface area (Å²) in [6, 6.07) is 1.28. The molecule has 0 radical (unpaired) electrons. The number of nitrogens with zero attached hydrogens (tertiary/aromatic N) is 1. The second-order valence-electron chi connectivity index (χ2n) is 4.24. The second-order valence-corrected chi connectivity index (χ2v) is 4.24. The highest BCUT2D eigenvalue weighted by Crippen LogP contribution is 2.30. The van der Waals surface area contributed by atoms with Crippen molar-refractivity contribution in [3.63, 3.8) is 0 Å². The van der Waals surface area contributed by atoms with Gasteiger partial charge in [-0.2, -0.15) is 0 Å². The molecule has 0 aliphatic rings. The lowest BCUT2D eigenvalue weighted by Crippen LogP contribution is -2.34. The van der Waals surface area contributed by atoms with E-state index in [0.717, 1.165) is 12.1 Å². The lowest BCUT2D eigenvalue weighted by Gasteiger charge is -2.21. The standard InChI is InChI=1S/C11H15F2N3O2/c1-6(2)8(5-14)15-11-9(16(17)18)4-3-7(12)10(11)13/h3-4,6,8,15H,5,14H2,1-2H3. The van der Waals surface area contributed by atoms with Crippen molar-refractivity contribution in [3.8, 4) is 0 Å². The summed E-state index contributed by atoms with van der Waals surface area (Å²) in [6.07, 6.45) is 0. The molecule has 18 heavy (non-hydrogen) atoms. The van der Waals surface area contributed by atoms with Crippen LogP contribution in [0.1, 0.15) is 13.8 Å². The summed E-state index contributed by atoms with van der Waals surface area (Å²) < 4.78 is 26.7. The van der Waals surface area contributed by atoms with Crippen LogP contribution in [0.5, 0.6) is 0 Å². The van der Waals surface area contributed by atoms with Crippen LogP contribution in [0.25, 0.3) is 0 Å². The van der Waals surface area contributed by atoms with Crippen LogP contribution in [0.2, 0.25) is 0 Å². The third kappa shape index (κ3) is 2.92. The van der Waals surface area contributed by atoms with Crippen molar-refractivity contribution in [3.05, 3.63) is 33.9 Å². The largest absolute Gasteiger partial charge is 0.373 e. The Kier molecular flexibility index (Phi) is 4.55. The quantitative estimate of drug-likeness (QED) is 0.627. The van der Waals surface area contributed by atoms with Crippen molar-refractivity contribution in [1.29, 1.82) is 0 Å². The zero-order valence-corrected chi connectivity index (χ0v) is 10.1. The van der Waals surface area contributed by atoms with Gasteiger partial charge in [-0.15, -0.1) is 0 Å².